The van der Waals surface area contributed by atoms with Crippen molar-refractivity contribution in [1.82, 2.24) is 25.9 Å². The Labute approximate surface area is 83.2 Å². The number of nitrogens with one attached hydrogen (secondary N) is 2. The van der Waals surface area contributed by atoms with Gasteiger partial charge in [0, 0.05) is 6.54 Å². The number of H-pyrrole nitrogens is 1. The lowest BCUT2D eigenvalue weighted by Crippen LogP contribution is -2.28. The molecule has 0 aliphatic heterocycles. The minimum atomic E-state index is -2.50. The zero-order chi connectivity index (χ0) is 11.1. The molecular formula is C6H9F2N5O2. The van der Waals surface area contributed by atoms with Gasteiger partial charge in [-0.15, -0.1) is 10.2 Å². The third-order valence-corrected chi connectivity index (χ3v) is 1.32. The molecule has 0 atom stereocenters. The van der Waals surface area contributed by atoms with Crippen LogP contribution in [0.25, 0.3) is 0 Å². The number of carbonyl (C=O) groups is 1. The Hall–Kier alpha value is -1.64. The van der Waals surface area contributed by atoms with Gasteiger partial charge in [-0.2, -0.15) is 5.21 Å². The molecule has 0 bridgehead atoms. The monoisotopic (exact) mass is 221 g/mol. The normalized spacial score (nSPS) is 10.6. The number of nitrogens with zero attached hydrogens (tertiary/aromatic N) is 3. The maximum absolute atomic E-state index is 11.6. The van der Waals surface area contributed by atoms with Gasteiger partial charge in [0.25, 0.3) is 18.2 Å². The minimum Gasteiger partial charge on any atom is -0.374 e. The lowest BCUT2D eigenvalue weighted by Gasteiger charge is -2.03. The van der Waals surface area contributed by atoms with E-state index in [-0.39, 0.29) is 19.0 Å². The molecule has 0 saturated carbocycles. The lowest BCUT2D eigenvalue weighted by atomic mass is 10.5. The Morgan fingerprint density at radius 1 is 1.60 bits per heavy atom. The number of rotatable bonds is 6. The van der Waals surface area contributed by atoms with Crippen molar-refractivity contribution in [3.63, 3.8) is 0 Å². The number of amides is 1. The van der Waals surface area contributed by atoms with Crippen LogP contribution in [0.3, 0.4) is 0 Å². The van der Waals surface area contributed by atoms with Gasteiger partial charge in [0.1, 0.15) is 6.61 Å². The van der Waals surface area contributed by atoms with Crippen molar-refractivity contribution in [2.24, 2.45) is 0 Å². The van der Waals surface area contributed by atoms with E-state index >= 15 is 0 Å². The first-order valence-corrected chi connectivity index (χ1v) is 4.07. The fourth-order valence-electron chi connectivity index (χ4n) is 0.746. The molecule has 2 N–H and O–H groups in total. The number of aromatic nitrogens is 4. The van der Waals surface area contributed by atoms with Gasteiger partial charge in [-0.1, -0.05) is 0 Å². The van der Waals surface area contributed by atoms with Gasteiger partial charge >= 0.3 is 0 Å². The second kappa shape index (κ2) is 5.96. The summed E-state index contributed by atoms with van der Waals surface area (Å²) in [6.45, 7) is -0.522. The van der Waals surface area contributed by atoms with Gasteiger partial charge in [0.2, 0.25) is 0 Å². The maximum atomic E-state index is 11.6. The van der Waals surface area contributed by atoms with Crippen molar-refractivity contribution in [1.29, 1.82) is 0 Å². The number of aromatic amines is 1. The van der Waals surface area contributed by atoms with Crippen LogP contribution in [0.4, 0.5) is 8.78 Å². The summed E-state index contributed by atoms with van der Waals surface area (Å²) < 4.78 is 27.7. The van der Waals surface area contributed by atoms with Gasteiger partial charge in [-0.25, -0.2) is 8.78 Å². The average Bonchev–Trinajstić information content (AvgIpc) is 2.69. The molecule has 1 aromatic rings. The smallest absolute Gasteiger partial charge is 0.292 e. The number of tetrazole rings is 1. The summed E-state index contributed by atoms with van der Waals surface area (Å²) in [5.74, 6) is -0.645. The third kappa shape index (κ3) is 4.40. The van der Waals surface area contributed by atoms with Crippen LogP contribution in [0.1, 0.15) is 10.6 Å². The fraction of sp³-hybridized carbons (Fsp3) is 0.667. The topological polar surface area (TPSA) is 92.8 Å². The van der Waals surface area contributed by atoms with Gasteiger partial charge in [0.15, 0.2) is 0 Å². The van der Waals surface area contributed by atoms with Crippen LogP contribution in [-0.4, -0.2) is 52.7 Å². The molecule has 0 aromatic carbocycles. The molecule has 1 aromatic heterocycles. The molecule has 1 amide bonds. The summed E-state index contributed by atoms with van der Waals surface area (Å²) in [6.07, 6.45) is -2.50. The molecule has 7 nitrogen and oxygen atoms in total. The van der Waals surface area contributed by atoms with Crippen molar-refractivity contribution in [2.75, 3.05) is 19.8 Å². The molecule has 0 aliphatic carbocycles. The average molecular weight is 221 g/mol. The number of alkyl halides is 2. The zero-order valence-electron chi connectivity index (χ0n) is 7.61. The van der Waals surface area contributed by atoms with E-state index in [4.69, 9.17) is 0 Å². The van der Waals surface area contributed by atoms with E-state index in [1.807, 2.05) is 0 Å². The highest BCUT2D eigenvalue weighted by molar-refractivity contribution is 5.89. The Kier molecular flexibility index (Phi) is 4.54. The molecule has 84 valence electrons. The summed E-state index contributed by atoms with van der Waals surface area (Å²) >= 11 is 0. The van der Waals surface area contributed by atoms with Crippen molar-refractivity contribution in [3.8, 4) is 0 Å². The Morgan fingerprint density at radius 3 is 3.00 bits per heavy atom. The van der Waals surface area contributed by atoms with E-state index in [2.05, 4.69) is 30.7 Å². The molecule has 0 saturated heterocycles. The van der Waals surface area contributed by atoms with Crippen molar-refractivity contribution >= 4 is 5.91 Å². The number of hydrogen-bond donors (Lipinski definition) is 2. The number of halogens is 2. The van der Waals surface area contributed by atoms with Gasteiger partial charge in [-0.3, -0.25) is 4.79 Å². The SMILES string of the molecule is O=C(NCCOCC(F)F)c1nn[nH]n1. The van der Waals surface area contributed by atoms with Crippen molar-refractivity contribution in [2.45, 2.75) is 6.43 Å². The summed E-state index contributed by atoms with van der Waals surface area (Å²) in [5, 5.41) is 14.5. The van der Waals surface area contributed by atoms with E-state index in [9.17, 15) is 13.6 Å². The van der Waals surface area contributed by atoms with E-state index in [0.29, 0.717) is 0 Å². The van der Waals surface area contributed by atoms with Crippen molar-refractivity contribution < 1.29 is 18.3 Å². The molecule has 0 aliphatic rings. The maximum Gasteiger partial charge on any atom is 0.292 e. The second-order valence-corrected chi connectivity index (χ2v) is 2.46. The molecular weight excluding hydrogens is 212 g/mol. The minimum absolute atomic E-state index is 0.00787. The van der Waals surface area contributed by atoms with E-state index in [1.54, 1.807) is 0 Å². The van der Waals surface area contributed by atoms with Gasteiger partial charge < -0.3 is 10.1 Å². The number of hydrogen-bond acceptors (Lipinski definition) is 5. The first-order valence-electron chi connectivity index (χ1n) is 4.07. The molecule has 15 heavy (non-hydrogen) atoms. The molecule has 1 rings (SSSR count). The molecule has 0 radical (unpaired) electrons. The van der Waals surface area contributed by atoms with E-state index in [1.165, 1.54) is 0 Å². The first-order chi connectivity index (χ1) is 7.20. The largest absolute Gasteiger partial charge is 0.374 e. The Balaban J connectivity index is 2.08. The molecule has 0 unspecified atom stereocenters. The number of carbonyl (C=O) groups excluding carboxylic acids is 1. The zero-order valence-corrected chi connectivity index (χ0v) is 7.61. The summed E-state index contributed by atoms with van der Waals surface area (Å²) in [4.78, 5) is 11.1. The van der Waals surface area contributed by atoms with E-state index < -0.39 is 18.9 Å². The highest BCUT2D eigenvalue weighted by atomic mass is 19.3. The summed E-state index contributed by atoms with van der Waals surface area (Å²) in [6, 6.07) is 0. The van der Waals surface area contributed by atoms with Crippen LogP contribution in [0.15, 0.2) is 0 Å². The standard InChI is InChI=1S/C6H9F2N5O2/c7-4(8)3-15-2-1-9-6(14)5-10-12-13-11-5/h4H,1-3H2,(H,9,14)(H,10,11,12,13). The van der Waals surface area contributed by atoms with Crippen LogP contribution >= 0.6 is 0 Å². The Morgan fingerprint density at radius 2 is 2.40 bits per heavy atom. The quantitative estimate of drug-likeness (QED) is 0.614. The van der Waals surface area contributed by atoms with Crippen LogP contribution in [0, 0.1) is 0 Å². The van der Waals surface area contributed by atoms with Crippen molar-refractivity contribution in [3.05, 3.63) is 5.82 Å². The highest BCUT2D eigenvalue weighted by Crippen LogP contribution is 1.91. The van der Waals surface area contributed by atoms with Crippen LogP contribution in [0.5, 0.6) is 0 Å². The van der Waals surface area contributed by atoms with E-state index in [0.717, 1.165) is 0 Å². The lowest BCUT2D eigenvalue weighted by molar-refractivity contribution is 0.0188. The summed E-state index contributed by atoms with van der Waals surface area (Å²) in [7, 11) is 0. The van der Waals surface area contributed by atoms with Crippen LogP contribution in [-0.2, 0) is 4.74 Å². The molecule has 9 heteroatoms. The Bertz CT molecular complexity index is 292. The predicted molar refractivity (Wildman–Crippen MR) is 43.3 cm³/mol. The first kappa shape index (κ1) is 11.4. The van der Waals surface area contributed by atoms with Gasteiger partial charge in [-0.05, 0) is 5.21 Å². The second-order valence-electron chi connectivity index (χ2n) is 2.46. The van der Waals surface area contributed by atoms with Crippen LogP contribution < -0.4 is 5.32 Å². The third-order valence-electron chi connectivity index (χ3n) is 1.32. The molecule has 1 heterocycles. The fourth-order valence-corrected chi connectivity index (χ4v) is 0.746. The van der Waals surface area contributed by atoms with Crippen LogP contribution in [0.2, 0.25) is 0 Å². The molecule has 0 fully saturated rings. The highest BCUT2D eigenvalue weighted by Gasteiger charge is 2.09. The van der Waals surface area contributed by atoms with Gasteiger partial charge in [0.05, 0.1) is 6.61 Å². The summed E-state index contributed by atoms with van der Waals surface area (Å²) in [5.41, 5.74) is 0. The predicted octanol–water partition coefficient (Wildman–Crippen LogP) is -0.789. The molecule has 0 spiro atoms. The number of ether oxygens (including phenoxy) is 1.